The maximum Gasteiger partial charge on any atom is 0.263 e. The zero-order valence-corrected chi connectivity index (χ0v) is 11.4. The molecule has 102 valence electrons. The Morgan fingerprint density at radius 2 is 2.15 bits per heavy atom. The lowest BCUT2D eigenvalue weighted by atomic mass is 10.2. The topological polar surface area (TPSA) is 92.1 Å². The van der Waals surface area contributed by atoms with Crippen LogP contribution in [0.5, 0.6) is 5.75 Å². The lowest BCUT2D eigenvalue weighted by Crippen LogP contribution is -2.13. The highest BCUT2D eigenvalue weighted by molar-refractivity contribution is 7.92. The smallest absolute Gasteiger partial charge is 0.263 e. The van der Waals surface area contributed by atoms with Crippen LogP contribution in [0.2, 0.25) is 0 Å². The highest BCUT2D eigenvalue weighted by atomic mass is 32.2. The van der Waals surface area contributed by atoms with Gasteiger partial charge in [0, 0.05) is 18.5 Å². The number of hydrogen-bond acceptors (Lipinski definition) is 5. The molecule has 2 rings (SSSR count). The van der Waals surface area contributed by atoms with Crippen molar-refractivity contribution in [2.75, 3.05) is 11.8 Å². The molecule has 1 aromatic heterocycles. The maximum atomic E-state index is 12.2. The van der Waals surface area contributed by atoms with Crippen molar-refractivity contribution in [3.8, 4) is 11.8 Å². The first-order valence-electron chi connectivity index (χ1n) is 5.58. The number of benzene rings is 1. The van der Waals surface area contributed by atoms with Gasteiger partial charge in [0.25, 0.3) is 10.0 Å². The number of nitrogens with one attached hydrogen (secondary N) is 1. The Kier molecular flexibility index (Phi) is 3.86. The van der Waals surface area contributed by atoms with E-state index in [1.165, 1.54) is 49.8 Å². The molecule has 0 unspecified atom stereocenters. The number of aromatic nitrogens is 1. The minimum absolute atomic E-state index is 0.0476. The number of nitrogens with zero attached hydrogens (tertiary/aromatic N) is 2. The molecule has 0 saturated heterocycles. The van der Waals surface area contributed by atoms with Crippen molar-refractivity contribution in [2.24, 2.45) is 0 Å². The average Bonchev–Trinajstić information content (AvgIpc) is 2.48. The first kappa shape index (κ1) is 13.8. The summed E-state index contributed by atoms with van der Waals surface area (Å²) in [6.45, 7) is 0. The summed E-state index contributed by atoms with van der Waals surface area (Å²) >= 11 is 0. The van der Waals surface area contributed by atoms with Crippen LogP contribution in [0.3, 0.4) is 0 Å². The number of anilines is 1. The van der Waals surface area contributed by atoms with Crippen LogP contribution in [0.25, 0.3) is 0 Å². The first-order valence-corrected chi connectivity index (χ1v) is 7.06. The third-order valence-electron chi connectivity index (χ3n) is 2.52. The number of rotatable bonds is 4. The van der Waals surface area contributed by atoms with Gasteiger partial charge in [0.1, 0.15) is 10.6 Å². The summed E-state index contributed by atoms with van der Waals surface area (Å²) in [6.07, 6.45) is 2.74. The Balaban J connectivity index is 2.38. The molecule has 1 aromatic carbocycles. The van der Waals surface area contributed by atoms with Gasteiger partial charge < -0.3 is 4.74 Å². The molecule has 0 aliphatic heterocycles. The molecule has 1 N–H and O–H groups in total. The number of pyridine rings is 1. The lowest BCUT2D eigenvalue weighted by Gasteiger charge is -2.11. The van der Waals surface area contributed by atoms with Crippen molar-refractivity contribution in [2.45, 2.75) is 4.90 Å². The van der Waals surface area contributed by atoms with Gasteiger partial charge in [-0.2, -0.15) is 5.26 Å². The monoisotopic (exact) mass is 289 g/mol. The van der Waals surface area contributed by atoms with Gasteiger partial charge in [0.2, 0.25) is 0 Å². The quantitative estimate of drug-likeness (QED) is 0.926. The van der Waals surface area contributed by atoms with Gasteiger partial charge in [-0.05, 0) is 24.3 Å². The van der Waals surface area contributed by atoms with E-state index in [4.69, 9.17) is 10.00 Å². The molecular weight excluding hydrogens is 278 g/mol. The van der Waals surface area contributed by atoms with Crippen LogP contribution in [0.1, 0.15) is 5.56 Å². The van der Waals surface area contributed by atoms with Crippen molar-refractivity contribution in [3.63, 3.8) is 0 Å². The second-order valence-electron chi connectivity index (χ2n) is 3.82. The van der Waals surface area contributed by atoms with Gasteiger partial charge in [-0.25, -0.2) is 8.42 Å². The molecular formula is C13H11N3O3S. The fraction of sp³-hybridized carbons (Fsp3) is 0.0769. The lowest BCUT2D eigenvalue weighted by molar-refractivity contribution is 0.416. The van der Waals surface area contributed by atoms with Crippen molar-refractivity contribution in [1.82, 2.24) is 4.98 Å². The summed E-state index contributed by atoms with van der Waals surface area (Å²) in [5.41, 5.74) is 0.640. The molecule has 0 spiro atoms. The summed E-state index contributed by atoms with van der Waals surface area (Å²) in [4.78, 5) is 3.82. The second kappa shape index (κ2) is 5.59. The minimum Gasteiger partial charge on any atom is -0.495 e. The Labute approximate surface area is 116 Å². The molecule has 2 aromatic rings. The molecule has 0 amide bonds. The minimum atomic E-state index is -3.74. The van der Waals surface area contributed by atoms with Gasteiger partial charge in [-0.15, -0.1) is 0 Å². The van der Waals surface area contributed by atoms with Crippen LogP contribution in [0, 0.1) is 11.3 Å². The van der Waals surface area contributed by atoms with Gasteiger partial charge in [0.15, 0.2) is 0 Å². The van der Waals surface area contributed by atoms with Gasteiger partial charge in [0.05, 0.1) is 24.4 Å². The summed E-state index contributed by atoms with van der Waals surface area (Å²) in [5, 5.41) is 8.81. The van der Waals surface area contributed by atoms with E-state index in [0.29, 0.717) is 5.56 Å². The van der Waals surface area contributed by atoms with Crippen LogP contribution < -0.4 is 9.46 Å². The van der Waals surface area contributed by atoms with Crippen LogP contribution in [0.4, 0.5) is 5.69 Å². The standard InChI is InChI=1S/C13H11N3O3S/c1-19-13-7-10(8-14)4-5-12(13)16-20(17,18)11-3-2-6-15-9-11/h2-7,9,16H,1H3. The van der Waals surface area contributed by atoms with Crippen LogP contribution >= 0.6 is 0 Å². The molecule has 0 bridgehead atoms. The number of methoxy groups -OCH3 is 1. The predicted molar refractivity (Wildman–Crippen MR) is 72.8 cm³/mol. The number of nitriles is 1. The Morgan fingerprint density at radius 1 is 1.35 bits per heavy atom. The zero-order valence-electron chi connectivity index (χ0n) is 10.6. The highest BCUT2D eigenvalue weighted by Gasteiger charge is 2.16. The van der Waals surface area contributed by atoms with E-state index in [0.717, 1.165) is 0 Å². The van der Waals surface area contributed by atoms with E-state index in [9.17, 15) is 8.42 Å². The molecule has 20 heavy (non-hydrogen) atoms. The van der Waals surface area contributed by atoms with E-state index in [1.807, 2.05) is 6.07 Å². The maximum absolute atomic E-state index is 12.2. The van der Waals surface area contributed by atoms with Crippen molar-refractivity contribution < 1.29 is 13.2 Å². The Bertz CT molecular complexity index is 752. The molecule has 0 aliphatic carbocycles. The summed E-state index contributed by atoms with van der Waals surface area (Å²) < 4.78 is 31.8. The number of sulfonamides is 1. The molecule has 0 saturated carbocycles. The highest BCUT2D eigenvalue weighted by Crippen LogP contribution is 2.27. The van der Waals surface area contributed by atoms with Crippen LogP contribution in [0.15, 0.2) is 47.6 Å². The molecule has 1 heterocycles. The van der Waals surface area contributed by atoms with E-state index in [1.54, 1.807) is 0 Å². The van der Waals surface area contributed by atoms with Crippen molar-refractivity contribution in [3.05, 3.63) is 48.3 Å². The molecule has 0 atom stereocenters. The fourth-order valence-corrected chi connectivity index (χ4v) is 2.59. The van der Waals surface area contributed by atoms with Crippen molar-refractivity contribution in [1.29, 1.82) is 5.26 Å². The Morgan fingerprint density at radius 3 is 2.75 bits per heavy atom. The van der Waals surface area contributed by atoms with E-state index in [2.05, 4.69) is 9.71 Å². The molecule has 0 fully saturated rings. The molecule has 0 aliphatic rings. The first-order chi connectivity index (χ1) is 9.56. The molecule has 7 heteroatoms. The average molecular weight is 289 g/mol. The largest absolute Gasteiger partial charge is 0.495 e. The summed E-state index contributed by atoms with van der Waals surface area (Å²) in [6, 6.07) is 9.36. The van der Waals surface area contributed by atoms with E-state index < -0.39 is 10.0 Å². The molecule has 0 radical (unpaired) electrons. The van der Waals surface area contributed by atoms with Gasteiger partial charge in [-0.3, -0.25) is 9.71 Å². The summed E-state index contributed by atoms with van der Waals surface area (Å²) in [7, 11) is -2.34. The van der Waals surface area contributed by atoms with E-state index >= 15 is 0 Å². The zero-order chi connectivity index (χ0) is 14.6. The SMILES string of the molecule is COc1cc(C#N)ccc1NS(=O)(=O)c1cccnc1. The summed E-state index contributed by atoms with van der Waals surface area (Å²) in [5.74, 6) is 0.275. The Hall–Kier alpha value is -2.59. The number of ether oxygens (including phenoxy) is 1. The van der Waals surface area contributed by atoms with Crippen molar-refractivity contribution >= 4 is 15.7 Å². The number of hydrogen-bond donors (Lipinski definition) is 1. The van der Waals surface area contributed by atoms with Gasteiger partial charge >= 0.3 is 0 Å². The normalized spacial score (nSPS) is 10.6. The third-order valence-corrected chi connectivity index (χ3v) is 3.87. The van der Waals surface area contributed by atoms with Crippen LogP contribution in [-0.4, -0.2) is 20.5 Å². The molecule has 6 nitrogen and oxygen atoms in total. The van der Waals surface area contributed by atoms with E-state index in [-0.39, 0.29) is 16.3 Å². The second-order valence-corrected chi connectivity index (χ2v) is 5.50. The van der Waals surface area contributed by atoms with Gasteiger partial charge in [-0.1, -0.05) is 0 Å². The predicted octanol–water partition coefficient (Wildman–Crippen LogP) is 1.76. The fourth-order valence-electron chi connectivity index (χ4n) is 1.55. The van der Waals surface area contributed by atoms with Crippen LogP contribution in [-0.2, 0) is 10.0 Å². The third kappa shape index (κ3) is 2.87.